The number of anilines is 2. The van der Waals surface area contributed by atoms with Crippen LogP contribution in [0.25, 0.3) is 16.7 Å². The van der Waals surface area contributed by atoms with E-state index in [2.05, 4.69) is 25.4 Å². The maximum absolute atomic E-state index is 13.5. The van der Waals surface area contributed by atoms with Crippen molar-refractivity contribution in [3.8, 4) is 11.4 Å². The Morgan fingerprint density at radius 2 is 1.77 bits per heavy atom. The molecule has 0 radical (unpaired) electrons. The number of primary amides is 1. The van der Waals surface area contributed by atoms with Crippen molar-refractivity contribution >= 4 is 52.1 Å². The lowest BCUT2D eigenvalue weighted by Gasteiger charge is -2.36. The lowest BCUT2D eigenvalue weighted by Crippen LogP contribution is -2.54. The molecule has 0 aliphatic carbocycles. The Bertz CT molecular complexity index is 1910. The van der Waals surface area contributed by atoms with Gasteiger partial charge in [0, 0.05) is 56.6 Å². The van der Waals surface area contributed by atoms with Gasteiger partial charge in [0.15, 0.2) is 0 Å². The predicted octanol–water partition coefficient (Wildman–Crippen LogP) is 2.12. The van der Waals surface area contributed by atoms with Gasteiger partial charge in [-0.1, -0.05) is 6.07 Å². The Morgan fingerprint density at radius 1 is 0.979 bits per heavy atom. The Morgan fingerprint density at radius 3 is 2.51 bits per heavy atom. The number of hydrogen-bond donors (Lipinski definition) is 3. The molecule has 4 heterocycles. The second-order valence-corrected chi connectivity index (χ2v) is 11.6. The van der Waals surface area contributed by atoms with Gasteiger partial charge in [-0.15, -0.1) is 0 Å². The van der Waals surface area contributed by atoms with Crippen LogP contribution in [-0.2, 0) is 9.59 Å². The minimum absolute atomic E-state index is 0.0797. The monoisotopic (exact) mass is 636 g/mol. The van der Waals surface area contributed by atoms with Gasteiger partial charge in [0.05, 0.1) is 27.8 Å². The van der Waals surface area contributed by atoms with Gasteiger partial charge in [0.2, 0.25) is 11.8 Å². The van der Waals surface area contributed by atoms with E-state index in [1.165, 1.54) is 0 Å². The van der Waals surface area contributed by atoms with Crippen LogP contribution < -0.4 is 26.0 Å². The van der Waals surface area contributed by atoms with Crippen LogP contribution in [-0.4, -0.2) is 94.4 Å². The van der Waals surface area contributed by atoms with E-state index in [9.17, 15) is 24.0 Å². The molecule has 240 valence electrons. The smallest absolute Gasteiger partial charge is 0.316 e. The second-order valence-electron chi connectivity index (χ2n) is 11.6. The minimum atomic E-state index is -0.994. The molecule has 6 amide bonds. The maximum Gasteiger partial charge on any atom is 0.316 e. The molecule has 3 aliphatic heterocycles. The fraction of sp³-hybridized carbons (Fsp3) is 0.273. The number of carbonyl (C=O) groups excluding carboxylic acids is 5. The summed E-state index contributed by atoms with van der Waals surface area (Å²) in [6.45, 7) is 3.97. The first-order valence-electron chi connectivity index (χ1n) is 15.4. The van der Waals surface area contributed by atoms with Crippen LogP contribution in [0.4, 0.5) is 16.2 Å². The van der Waals surface area contributed by atoms with Crippen LogP contribution in [0.2, 0.25) is 0 Å². The zero-order valence-corrected chi connectivity index (χ0v) is 25.3. The van der Waals surface area contributed by atoms with Crippen molar-refractivity contribution in [2.75, 3.05) is 49.5 Å². The molecule has 14 heteroatoms. The summed E-state index contributed by atoms with van der Waals surface area (Å²) in [6.07, 6.45) is 1.94. The highest BCUT2D eigenvalue weighted by atomic mass is 16.5. The van der Waals surface area contributed by atoms with Crippen LogP contribution in [0.5, 0.6) is 5.75 Å². The standard InChI is InChI=1S/C33H32N8O6/c34-33(46)36-20-4-6-21(7-5-20)40-19-35-24-18-22(8-9-25(24)40)47-17-16-38-12-14-39(15-13-38)26-3-1-2-23-29(26)32(45)41(31(23)44)27-10-11-28(42)37-30(27)43/h1-9,18-19,27H,10-17H2,(H3,34,36,46)(H,37,42,43). The van der Waals surface area contributed by atoms with Crippen molar-refractivity contribution in [1.82, 2.24) is 24.7 Å². The molecular formula is C33H32N8O6. The third-order valence-corrected chi connectivity index (χ3v) is 8.77. The number of piperidine rings is 1. The molecule has 3 aliphatic rings. The molecule has 1 aromatic heterocycles. The summed E-state index contributed by atoms with van der Waals surface area (Å²) in [4.78, 5) is 71.8. The largest absolute Gasteiger partial charge is 0.492 e. The highest BCUT2D eigenvalue weighted by Gasteiger charge is 2.46. The molecule has 4 aromatic rings. The zero-order chi connectivity index (χ0) is 32.7. The van der Waals surface area contributed by atoms with Crippen molar-refractivity contribution in [3.63, 3.8) is 0 Å². The van der Waals surface area contributed by atoms with Crippen LogP contribution in [0, 0.1) is 0 Å². The number of amides is 6. The van der Waals surface area contributed by atoms with E-state index in [0.29, 0.717) is 48.9 Å². The number of aromatic nitrogens is 2. The molecule has 47 heavy (non-hydrogen) atoms. The average Bonchev–Trinajstić information content (AvgIpc) is 3.59. The Labute approximate surface area is 269 Å². The van der Waals surface area contributed by atoms with Gasteiger partial charge in [-0.25, -0.2) is 9.78 Å². The Balaban J connectivity index is 0.940. The molecule has 3 aromatic carbocycles. The fourth-order valence-corrected chi connectivity index (χ4v) is 6.40. The number of hydrogen-bond acceptors (Lipinski definition) is 9. The number of nitrogens with one attached hydrogen (secondary N) is 2. The SMILES string of the molecule is NC(=O)Nc1ccc(-n2cnc3cc(OCCN4CCN(c5cccc6c5C(=O)N(C5CCC(=O)NC5=O)C6=O)CC4)ccc32)cc1. The number of urea groups is 1. The lowest BCUT2D eigenvalue weighted by atomic mass is 10.0. The average molecular weight is 637 g/mol. The topological polar surface area (TPSA) is 172 Å². The molecule has 4 N–H and O–H groups in total. The highest BCUT2D eigenvalue weighted by molar-refractivity contribution is 6.25. The minimum Gasteiger partial charge on any atom is -0.492 e. The fourth-order valence-electron chi connectivity index (χ4n) is 6.40. The number of imide groups is 2. The van der Waals surface area contributed by atoms with Gasteiger partial charge >= 0.3 is 6.03 Å². The normalized spacial score (nSPS) is 18.4. The third-order valence-electron chi connectivity index (χ3n) is 8.77. The zero-order valence-electron chi connectivity index (χ0n) is 25.3. The summed E-state index contributed by atoms with van der Waals surface area (Å²) in [5.41, 5.74) is 9.66. The molecule has 0 spiro atoms. The van der Waals surface area contributed by atoms with Crippen molar-refractivity contribution in [1.29, 1.82) is 0 Å². The summed E-state index contributed by atoms with van der Waals surface area (Å²) < 4.78 is 8.02. The lowest BCUT2D eigenvalue weighted by molar-refractivity contribution is -0.136. The second kappa shape index (κ2) is 12.2. The van der Waals surface area contributed by atoms with E-state index in [4.69, 9.17) is 10.5 Å². The van der Waals surface area contributed by atoms with Gasteiger partial charge < -0.3 is 20.7 Å². The van der Waals surface area contributed by atoms with E-state index in [0.717, 1.165) is 34.7 Å². The van der Waals surface area contributed by atoms with Crippen LogP contribution in [0.15, 0.2) is 67.0 Å². The highest BCUT2D eigenvalue weighted by Crippen LogP contribution is 2.34. The number of nitrogens with zero attached hydrogens (tertiary/aromatic N) is 5. The number of piperazine rings is 1. The van der Waals surface area contributed by atoms with E-state index in [1.807, 2.05) is 41.0 Å². The molecule has 0 saturated carbocycles. The number of rotatable bonds is 8. The van der Waals surface area contributed by atoms with Gasteiger partial charge in [0.25, 0.3) is 11.8 Å². The molecule has 1 unspecified atom stereocenters. The molecule has 0 bridgehead atoms. The van der Waals surface area contributed by atoms with Crippen molar-refractivity contribution < 1.29 is 28.7 Å². The number of carbonyl (C=O) groups is 5. The Kier molecular flexibility index (Phi) is 7.77. The number of fused-ring (bicyclic) bond motifs is 2. The first-order chi connectivity index (χ1) is 22.8. The molecule has 7 rings (SSSR count). The van der Waals surface area contributed by atoms with Crippen molar-refractivity contribution in [2.45, 2.75) is 18.9 Å². The van der Waals surface area contributed by atoms with Gasteiger partial charge in [-0.3, -0.25) is 38.9 Å². The number of benzene rings is 3. The molecule has 2 saturated heterocycles. The van der Waals surface area contributed by atoms with E-state index < -0.39 is 35.7 Å². The summed E-state index contributed by atoms with van der Waals surface area (Å²) in [6, 6.07) is 16.7. The van der Waals surface area contributed by atoms with Crippen LogP contribution >= 0.6 is 0 Å². The van der Waals surface area contributed by atoms with Gasteiger partial charge in [-0.2, -0.15) is 0 Å². The predicted molar refractivity (Wildman–Crippen MR) is 172 cm³/mol. The summed E-state index contributed by atoms with van der Waals surface area (Å²) in [5.74, 6) is -1.31. The van der Waals surface area contributed by atoms with E-state index in [1.54, 1.807) is 30.6 Å². The first kappa shape index (κ1) is 29.9. The van der Waals surface area contributed by atoms with Crippen LogP contribution in [0.3, 0.4) is 0 Å². The number of nitrogens with two attached hydrogens (primary N) is 1. The van der Waals surface area contributed by atoms with Crippen molar-refractivity contribution in [2.24, 2.45) is 5.73 Å². The van der Waals surface area contributed by atoms with Gasteiger partial charge in [0.1, 0.15) is 24.7 Å². The number of ether oxygens (including phenoxy) is 1. The van der Waals surface area contributed by atoms with E-state index >= 15 is 0 Å². The Hall–Kier alpha value is -5.76. The van der Waals surface area contributed by atoms with Gasteiger partial charge in [-0.05, 0) is 55.0 Å². The third kappa shape index (κ3) is 5.74. The molecule has 1 atom stereocenters. The molecule has 2 fully saturated rings. The molecule has 14 nitrogen and oxygen atoms in total. The first-order valence-corrected chi connectivity index (χ1v) is 15.4. The number of imidazole rings is 1. The quantitative estimate of drug-likeness (QED) is 0.245. The maximum atomic E-state index is 13.5. The molecular weight excluding hydrogens is 604 g/mol. The van der Waals surface area contributed by atoms with Crippen LogP contribution in [0.1, 0.15) is 33.6 Å². The summed E-state index contributed by atoms with van der Waals surface area (Å²) in [7, 11) is 0. The summed E-state index contributed by atoms with van der Waals surface area (Å²) >= 11 is 0. The van der Waals surface area contributed by atoms with Crippen molar-refractivity contribution in [3.05, 3.63) is 78.1 Å². The summed E-state index contributed by atoms with van der Waals surface area (Å²) in [5, 5.41) is 4.79. The van der Waals surface area contributed by atoms with E-state index in [-0.39, 0.29) is 18.4 Å².